The molecule has 0 saturated carbocycles. The number of rotatable bonds is 4. The van der Waals surface area contributed by atoms with E-state index in [1.54, 1.807) is 25.6 Å². The molecule has 132 valence electrons. The summed E-state index contributed by atoms with van der Waals surface area (Å²) < 4.78 is 11.2. The van der Waals surface area contributed by atoms with Crippen molar-refractivity contribution in [1.82, 2.24) is 14.8 Å². The highest BCUT2D eigenvalue weighted by molar-refractivity contribution is 5.92. The summed E-state index contributed by atoms with van der Waals surface area (Å²) in [4.78, 5) is 21.5. The molecular weight excluding hydrogens is 318 g/mol. The molecule has 2 aliphatic heterocycles. The number of nitrogens with zero attached hydrogens (tertiary/aromatic N) is 3. The number of likely N-dealkylation sites (tertiary alicyclic amines) is 2. The summed E-state index contributed by atoms with van der Waals surface area (Å²) >= 11 is 0. The minimum Gasteiger partial charge on any atom is -0.468 e. The third-order valence-electron chi connectivity index (χ3n) is 5.35. The first kappa shape index (κ1) is 16.3. The molecule has 0 spiro atoms. The fourth-order valence-corrected chi connectivity index (χ4v) is 4.17. The molecule has 0 bridgehead atoms. The number of hydrogen-bond acceptors (Lipinski definition) is 5. The molecule has 1 amide bonds. The summed E-state index contributed by atoms with van der Waals surface area (Å²) in [5, 5.41) is 0. The minimum atomic E-state index is 0.0185. The number of ether oxygens (including phenoxy) is 1. The van der Waals surface area contributed by atoms with E-state index >= 15 is 0 Å². The molecule has 2 aromatic rings. The van der Waals surface area contributed by atoms with Gasteiger partial charge >= 0.3 is 0 Å². The molecule has 0 unspecified atom stereocenters. The predicted octanol–water partition coefficient (Wildman–Crippen LogP) is 2.04. The van der Waals surface area contributed by atoms with Gasteiger partial charge in [-0.05, 0) is 30.7 Å². The van der Waals surface area contributed by atoms with Crippen LogP contribution in [0, 0.1) is 5.92 Å². The number of fused-ring (bicyclic) bond motifs is 1. The van der Waals surface area contributed by atoms with Gasteiger partial charge in [-0.1, -0.05) is 6.07 Å². The summed E-state index contributed by atoms with van der Waals surface area (Å²) in [5.74, 6) is 1.29. The highest BCUT2D eigenvalue weighted by Gasteiger charge is 2.46. The van der Waals surface area contributed by atoms with Crippen LogP contribution < -0.4 is 0 Å². The van der Waals surface area contributed by atoms with Gasteiger partial charge in [0.15, 0.2) is 0 Å². The molecule has 4 rings (SSSR count). The van der Waals surface area contributed by atoms with Gasteiger partial charge in [0.05, 0.1) is 25.0 Å². The Bertz CT molecular complexity index is 704. The molecule has 0 aromatic carbocycles. The number of hydrogen-bond donors (Lipinski definition) is 0. The first-order valence-electron chi connectivity index (χ1n) is 8.76. The molecule has 2 aliphatic rings. The second-order valence-corrected chi connectivity index (χ2v) is 6.78. The number of pyridine rings is 1. The van der Waals surface area contributed by atoms with Crippen LogP contribution >= 0.6 is 0 Å². The van der Waals surface area contributed by atoms with Crippen molar-refractivity contribution in [3.8, 4) is 0 Å². The Labute approximate surface area is 147 Å². The number of carbonyl (C=O) groups is 1. The summed E-state index contributed by atoms with van der Waals surface area (Å²) in [7, 11) is 1.77. The number of aromatic nitrogens is 1. The van der Waals surface area contributed by atoms with Crippen LogP contribution in [0.25, 0.3) is 0 Å². The maximum atomic E-state index is 12.9. The number of amides is 1. The Morgan fingerprint density at radius 2 is 2.24 bits per heavy atom. The molecule has 2 saturated heterocycles. The molecule has 4 heterocycles. The Morgan fingerprint density at radius 3 is 2.96 bits per heavy atom. The monoisotopic (exact) mass is 341 g/mol. The van der Waals surface area contributed by atoms with Gasteiger partial charge in [0.1, 0.15) is 11.5 Å². The van der Waals surface area contributed by atoms with Crippen LogP contribution in [0.1, 0.15) is 22.7 Å². The van der Waals surface area contributed by atoms with Gasteiger partial charge in [0, 0.05) is 38.9 Å². The third-order valence-corrected chi connectivity index (χ3v) is 5.35. The Balaban J connectivity index is 1.53. The van der Waals surface area contributed by atoms with E-state index in [0.29, 0.717) is 18.2 Å². The average Bonchev–Trinajstić information content (AvgIpc) is 3.31. The van der Waals surface area contributed by atoms with Crippen LogP contribution in [0.5, 0.6) is 0 Å². The molecule has 0 radical (unpaired) electrons. The van der Waals surface area contributed by atoms with Crippen LogP contribution in [-0.4, -0.2) is 59.6 Å². The number of carbonyl (C=O) groups excluding carboxylic acids is 1. The highest BCUT2D eigenvalue weighted by atomic mass is 16.5. The number of piperidine rings is 1. The van der Waals surface area contributed by atoms with E-state index < -0.39 is 0 Å². The van der Waals surface area contributed by atoms with Crippen molar-refractivity contribution in [2.45, 2.75) is 25.1 Å². The molecule has 6 nitrogen and oxygen atoms in total. The van der Waals surface area contributed by atoms with Gasteiger partial charge in [-0.2, -0.15) is 0 Å². The molecule has 0 aliphatic carbocycles. The van der Waals surface area contributed by atoms with Gasteiger partial charge in [-0.3, -0.25) is 14.7 Å². The summed E-state index contributed by atoms with van der Waals surface area (Å²) in [6, 6.07) is 9.53. The SMILES string of the molecule is CO[C@@H]1CCN(C(=O)c2ccccn2)[C@@H]2CN(Cc3ccco3)C[C@@H]21. The first-order chi connectivity index (χ1) is 12.3. The van der Waals surface area contributed by atoms with Gasteiger partial charge in [-0.15, -0.1) is 0 Å². The lowest BCUT2D eigenvalue weighted by Gasteiger charge is -2.40. The summed E-state index contributed by atoms with van der Waals surface area (Å²) in [5.41, 5.74) is 0.515. The molecule has 25 heavy (non-hydrogen) atoms. The maximum Gasteiger partial charge on any atom is 0.272 e. The molecule has 2 aromatic heterocycles. The molecule has 2 fully saturated rings. The zero-order valence-electron chi connectivity index (χ0n) is 14.4. The average molecular weight is 341 g/mol. The van der Waals surface area contributed by atoms with Crippen LogP contribution in [0.2, 0.25) is 0 Å². The van der Waals surface area contributed by atoms with Crippen LogP contribution in [0.15, 0.2) is 47.2 Å². The highest BCUT2D eigenvalue weighted by Crippen LogP contribution is 2.34. The van der Waals surface area contributed by atoms with Crippen molar-refractivity contribution in [1.29, 1.82) is 0 Å². The van der Waals surface area contributed by atoms with Crippen LogP contribution in [0.4, 0.5) is 0 Å². The Morgan fingerprint density at radius 1 is 1.32 bits per heavy atom. The fourth-order valence-electron chi connectivity index (χ4n) is 4.17. The second kappa shape index (κ2) is 6.98. The van der Waals surface area contributed by atoms with E-state index in [-0.39, 0.29) is 18.1 Å². The van der Waals surface area contributed by atoms with Crippen molar-refractivity contribution in [2.75, 3.05) is 26.7 Å². The van der Waals surface area contributed by atoms with Gasteiger partial charge in [0.2, 0.25) is 0 Å². The van der Waals surface area contributed by atoms with E-state index in [1.807, 2.05) is 29.2 Å². The van der Waals surface area contributed by atoms with Crippen molar-refractivity contribution >= 4 is 5.91 Å². The predicted molar refractivity (Wildman–Crippen MR) is 92.0 cm³/mol. The number of methoxy groups -OCH3 is 1. The van der Waals surface area contributed by atoms with Gasteiger partial charge in [0.25, 0.3) is 5.91 Å². The molecule has 6 heteroatoms. The molecule has 3 atom stereocenters. The van der Waals surface area contributed by atoms with E-state index in [4.69, 9.17) is 9.15 Å². The zero-order valence-corrected chi connectivity index (χ0v) is 14.4. The molecule has 0 N–H and O–H groups in total. The standard InChI is InChI=1S/C19H23N3O3/c1-24-18-7-9-22(19(23)16-6-2-3-8-20-16)17-13-21(12-15(17)18)11-14-5-4-10-25-14/h2-6,8,10,15,17-18H,7,9,11-13H2,1H3/t15-,17+,18+/m0/s1. The van der Waals surface area contributed by atoms with Crippen molar-refractivity contribution < 1.29 is 13.9 Å². The van der Waals surface area contributed by atoms with Crippen LogP contribution in [0.3, 0.4) is 0 Å². The zero-order chi connectivity index (χ0) is 17.2. The van der Waals surface area contributed by atoms with E-state index in [1.165, 1.54) is 0 Å². The number of furan rings is 1. The largest absolute Gasteiger partial charge is 0.468 e. The van der Waals surface area contributed by atoms with Gasteiger partial charge < -0.3 is 14.1 Å². The Kier molecular flexibility index (Phi) is 4.55. The lowest BCUT2D eigenvalue weighted by Crippen LogP contribution is -2.53. The summed E-state index contributed by atoms with van der Waals surface area (Å²) in [6.45, 7) is 3.23. The third kappa shape index (κ3) is 3.19. The molecular formula is C19H23N3O3. The van der Waals surface area contributed by atoms with E-state index in [2.05, 4.69) is 9.88 Å². The first-order valence-corrected chi connectivity index (χ1v) is 8.76. The van der Waals surface area contributed by atoms with E-state index in [9.17, 15) is 4.79 Å². The second-order valence-electron chi connectivity index (χ2n) is 6.78. The normalized spacial score (nSPS) is 26.6. The van der Waals surface area contributed by atoms with Crippen LogP contribution in [-0.2, 0) is 11.3 Å². The smallest absolute Gasteiger partial charge is 0.272 e. The lowest BCUT2D eigenvalue weighted by molar-refractivity contribution is -0.0158. The Hall–Kier alpha value is -2.18. The maximum absolute atomic E-state index is 12.9. The lowest BCUT2D eigenvalue weighted by atomic mass is 9.88. The quantitative estimate of drug-likeness (QED) is 0.852. The summed E-state index contributed by atoms with van der Waals surface area (Å²) in [6.07, 6.45) is 4.43. The van der Waals surface area contributed by atoms with E-state index in [0.717, 1.165) is 31.8 Å². The van der Waals surface area contributed by atoms with Crippen molar-refractivity contribution in [2.24, 2.45) is 5.92 Å². The topological polar surface area (TPSA) is 58.8 Å². The van der Waals surface area contributed by atoms with Crippen molar-refractivity contribution in [3.05, 3.63) is 54.2 Å². The minimum absolute atomic E-state index is 0.0185. The van der Waals surface area contributed by atoms with Crippen molar-refractivity contribution in [3.63, 3.8) is 0 Å². The fraction of sp³-hybridized carbons (Fsp3) is 0.474. The van der Waals surface area contributed by atoms with Gasteiger partial charge in [-0.25, -0.2) is 0 Å².